The number of halogens is 1. The monoisotopic (exact) mass is 338 g/mol. The molecule has 106 valence electrons. The van der Waals surface area contributed by atoms with Crippen molar-refractivity contribution >= 4 is 38.7 Å². The second kappa shape index (κ2) is 6.09. The molecule has 0 aliphatic carbocycles. The first kappa shape index (κ1) is 14.6. The van der Waals surface area contributed by atoms with Crippen LogP contribution in [0.5, 0.6) is 0 Å². The van der Waals surface area contributed by atoms with Crippen molar-refractivity contribution in [3.8, 4) is 0 Å². The maximum atomic E-state index is 11.9. The summed E-state index contributed by atoms with van der Waals surface area (Å²) in [5.41, 5.74) is 1.95. The van der Waals surface area contributed by atoms with E-state index in [1.54, 1.807) is 0 Å². The van der Waals surface area contributed by atoms with Gasteiger partial charge in [0.25, 0.3) is 0 Å². The van der Waals surface area contributed by atoms with Gasteiger partial charge in [0.2, 0.25) is 5.91 Å². The number of hydrogen-bond acceptors (Lipinski definition) is 2. The first-order valence-corrected chi connectivity index (χ1v) is 7.02. The molecule has 1 aromatic carbocycles. The van der Waals surface area contributed by atoms with Crippen molar-refractivity contribution in [2.75, 3.05) is 6.54 Å². The Hall–Kier alpha value is -1.82. The van der Waals surface area contributed by atoms with Crippen LogP contribution >= 0.6 is 15.9 Å². The van der Waals surface area contributed by atoms with E-state index in [4.69, 9.17) is 5.11 Å². The van der Waals surface area contributed by atoms with Gasteiger partial charge in [-0.2, -0.15) is 0 Å². The first-order chi connectivity index (χ1) is 9.50. The standard InChI is InChI=1S/C14H15BrN2O3/c1-9-14(15)10-4-2-3-5-11(10)17(9)8-12(18)16-7-6-13(19)20/h2-5H,6-8H2,1H3,(H,16,18)(H,19,20). The minimum absolute atomic E-state index is 0.0686. The van der Waals surface area contributed by atoms with Crippen molar-refractivity contribution in [2.24, 2.45) is 0 Å². The van der Waals surface area contributed by atoms with E-state index in [0.29, 0.717) is 0 Å². The van der Waals surface area contributed by atoms with Crippen LogP contribution in [0.2, 0.25) is 0 Å². The fourth-order valence-corrected chi connectivity index (χ4v) is 2.65. The number of benzene rings is 1. The van der Waals surface area contributed by atoms with Gasteiger partial charge in [0.15, 0.2) is 0 Å². The second-order valence-corrected chi connectivity index (χ2v) is 5.29. The molecule has 2 N–H and O–H groups in total. The van der Waals surface area contributed by atoms with Crippen LogP contribution in [0.3, 0.4) is 0 Å². The molecule has 0 fully saturated rings. The predicted molar refractivity (Wildman–Crippen MR) is 79.6 cm³/mol. The smallest absolute Gasteiger partial charge is 0.305 e. The van der Waals surface area contributed by atoms with E-state index in [2.05, 4.69) is 21.2 Å². The van der Waals surface area contributed by atoms with E-state index in [0.717, 1.165) is 21.1 Å². The van der Waals surface area contributed by atoms with Crippen molar-refractivity contribution in [1.29, 1.82) is 0 Å². The third-order valence-corrected chi connectivity index (χ3v) is 4.12. The summed E-state index contributed by atoms with van der Waals surface area (Å²) in [5.74, 6) is -1.11. The number of carbonyl (C=O) groups excluding carboxylic acids is 1. The van der Waals surface area contributed by atoms with Crippen LogP contribution in [0.25, 0.3) is 10.9 Å². The Labute approximate surface area is 124 Å². The van der Waals surface area contributed by atoms with E-state index < -0.39 is 5.97 Å². The van der Waals surface area contributed by atoms with Crippen LogP contribution in [-0.4, -0.2) is 28.1 Å². The van der Waals surface area contributed by atoms with Crippen LogP contribution in [-0.2, 0) is 16.1 Å². The van der Waals surface area contributed by atoms with E-state index in [1.165, 1.54) is 0 Å². The van der Waals surface area contributed by atoms with Gasteiger partial charge in [-0.3, -0.25) is 9.59 Å². The summed E-state index contributed by atoms with van der Waals surface area (Å²) in [6.45, 7) is 2.26. The molecule has 20 heavy (non-hydrogen) atoms. The third kappa shape index (κ3) is 3.01. The number of aliphatic carboxylic acids is 1. The van der Waals surface area contributed by atoms with Crippen molar-refractivity contribution in [3.05, 3.63) is 34.4 Å². The molecule has 0 saturated heterocycles. The van der Waals surface area contributed by atoms with Crippen molar-refractivity contribution in [1.82, 2.24) is 9.88 Å². The Bertz CT molecular complexity index is 664. The quantitative estimate of drug-likeness (QED) is 0.878. The summed E-state index contributed by atoms with van der Waals surface area (Å²) in [5, 5.41) is 12.2. The van der Waals surface area contributed by atoms with Crippen molar-refractivity contribution in [3.63, 3.8) is 0 Å². The number of fused-ring (bicyclic) bond motifs is 1. The second-order valence-electron chi connectivity index (χ2n) is 4.50. The summed E-state index contributed by atoms with van der Waals surface area (Å²) < 4.78 is 2.89. The minimum Gasteiger partial charge on any atom is -0.481 e. The van der Waals surface area contributed by atoms with Gasteiger partial charge in [-0.25, -0.2) is 0 Å². The molecule has 0 unspecified atom stereocenters. The fourth-order valence-electron chi connectivity index (χ4n) is 2.10. The Morgan fingerprint density at radius 1 is 1.35 bits per heavy atom. The van der Waals surface area contributed by atoms with E-state index in [1.807, 2.05) is 35.8 Å². The summed E-state index contributed by atoms with van der Waals surface area (Å²) in [4.78, 5) is 22.3. The highest BCUT2D eigenvalue weighted by Crippen LogP contribution is 2.30. The van der Waals surface area contributed by atoms with Crippen LogP contribution < -0.4 is 5.32 Å². The topological polar surface area (TPSA) is 71.3 Å². The van der Waals surface area contributed by atoms with Gasteiger partial charge >= 0.3 is 5.97 Å². The molecular formula is C14H15BrN2O3. The maximum absolute atomic E-state index is 11.9. The summed E-state index contributed by atoms with van der Waals surface area (Å²) >= 11 is 3.53. The van der Waals surface area contributed by atoms with Crippen LogP contribution in [0.4, 0.5) is 0 Å². The molecule has 1 heterocycles. The highest BCUT2D eigenvalue weighted by Gasteiger charge is 2.13. The molecule has 2 rings (SSSR count). The molecule has 2 aromatic rings. The van der Waals surface area contributed by atoms with Gasteiger partial charge in [0.1, 0.15) is 6.54 Å². The Morgan fingerprint density at radius 2 is 2.05 bits per heavy atom. The number of carboxylic acids is 1. The Kier molecular flexibility index (Phi) is 4.44. The lowest BCUT2D eigenvalue weighted by atomic mass is 10.2. The van der Waals surface area contributed by atoms with Gasteiger partial charge in [0, 0.05) is 27.6 Å². The number of carboxylic acid groups (broad SMARTS) is 1. The zero-order valence-corrected chi connectivity index (χ0v) is 12.6. The molecule has 0 radical (unpaired) electrons. The largest absolute Gasteiger partial charge is 0.481 e. The maximum Gasteiger partial charge on any atom is 0.305 e. The first-order valence-electron chi connectivity index (χ1n) is 6.22. The molecular weight excluding hydrogens is 324 g/mol. The number of hydrogen-bond donors (Lipinski definition) is 2. The molecule has 0 aliphatic heterocycles. The highest BCUT2D eigenvalue weighted by atomic mass is 79.9. The highest BCUT2D eigenvalue weighted by molar-refractivity contribution is 9.10. The summed E-state index contributed by atoms with van der Waals surface area (Å²) in [6.07, 6.45) is -0.0686. The lowest BCUT2D eigenvalue weighted by Crippen LogP contribution is -2.29. The molecule has 5 nitrogen and oxygen atoms in total. The van der Waals surface area contributed by atoms with Crippen LogP contribution in [0.1, 0.15) is 12.1 Å². The third-order valence-electron chi connectivity index (χ3n) is 3.12. The zero-order chi connectivity index (χ0) is 14.7. The lowest BCUT2D eigenvalue weighted by molar-refractivity contribution is -0.136. The number of nitrogens with zero attached hydrogens (tertiary/aromatic N) is 1. The fraction of sp³-hybridized carbons (Fsp3) is 0.286. The van der Waals surface area contributed by atoms with Gasteiger partial charge in [-0.1, -0.05) is 18.2 Å². The number of carbonyl (C=O) groups is 2. The predicted octanol–water partition coefficient (Wildman–Crippen LogP) is 2.30. The summed E-state index contributed by atoms with van der Waals surface area (Å²) in [7, 11) is 0. The van der Waals surface area contributed by atoms with Crippen molar-refractivity contribution in [2.45, 2.75) is 19.9 Å². The number of rotatable bonds is 5. The van der Waals surface area contributed by atoms with Gasteiger partial charge in [0.05, 0.1) is 6.42 Å². The van der Waals surface area contributed by atoms with E-state index >= 15 is 0 Å². The zero-order valence-electron chi connectivity index (χ0n) is 11.0. The van der Waals surface area contributed by atoms with Gasteiger partial charge < -0.3 is 15.0 Å². The SMILES string of the molecule is Cc1c(Br)c2ccccc2n1CC(=O)NCCC(=O)O. The molecule has 1 amide bonds. The van der Waals surface area contributed by atoms with Crippen LogP contribution in [0.15, 0.2) is 28.7 Å². The lowest BCUT2D eigenvalue weighted by Gasteiger charge is -2.08. The van der Waals surface area contributed by atoms with Gasteiger partial charge in [-0.15, -0.1) is 0 Å². The van der Waals surface area contributed by atoms with E-state index in [-0.39, 0.29) is 25.4 Å². The number of nitrogens with one attached hydrogen (secondary N) is 1. The van der Waals surface area contributed by atoms with E-state index in [9.17, 15) is 9.59 Å². The average Bonchev–Trinajstić information content (AvgIpc) is 2.64. The molecule has 0 saturated carbocycles. The van der Waals surface area contributed by atoms with Gasteiger partial charge in [-0.05, 0) is 28.9 Å². The molecule has 1 aromatic heterocycles. The Morgan fingerprint density at radius 3 is 2.75 bits per heavy atom. The summed E-state index contributed by atoms with van der Waals surface area (Å²) in [6, 6.07) is 7.82. The minimum atomic E-state index is -0.921. The van der Waals surface area contributed by atoms with Crippen LogP contribution in [0, 0.1) is 6.92 Å². The Balaban J connectivity index is 2.15. The number of para-hydroxylation sites is 1. The van der Waals surface area contributed by atoms with Crippen molar-refractivity contribution < 1.29 is 14.7 Å². The molecule has 0 bridgehead atoms. The molecule has 6 heteroatoms. The molecule has 0 atom stereocenters. The number of aromatic nitrogens is 1. The normalized spacial score (nSPS) is 10.7. The average molecular weight is 339 g/mol. The molecule has 0 aliphatic rings. The number of amides is 1. The molecule has 0 spiro atoms.